The Bertz CT molecular complexity index is 577. The van der Waals surface area contributed by atoms with Crippen LogP contribution in [0.3, 0.4) is 0 Å². The number of rotatable bonds is 5. The first-order chi connectivity index (χ1) is 9.82. The molecule has 0 N–H and O–H groups in total. The molecule has 1 aromatic rings. The van der Waals surface area contributed by atoms with E-state index in [0.29, 0.717) is 11.8 Å². The number of allylic oxidation sites excluding steroid dienone is 4. The van der Waals surface area contributed by atoms with Crippen LogP contribution < -0.4 is 4.46 Å². The van der Waals surface area contributed by atoms with Gasteiger partial charge in [-0.05, 0) is 0 Å². The van der Waals surface area contributed by atoms with Crippen LogP contribution in [0.15, 0.2) is 53.6 Å². The van der Waals surface area contributed by atoms with Gasteiger partial charge < -0.3 is 0 Å². The van der Waals surface area contributed by atoms with Gasteiger partial charge in [-0.15, -0.1) is 0 Å². The molecule has 0 amide bonds. The van der Waals surface area contributed by atoms with Gasteiger partial charge in [-0.25, -0.2) is 0 Å². The van der Waals surface area contributed by atoms with Crippen molar-refractivity contribution in [3.63, 3.8) is 0 Å². The molecule has 21 heavy (non-hydrogen) atoms. The standard InChI is InChI=1S/C19H24OSe/c1-13(2)11-16-18(19(16,4)5)14(3)12-17(20)21-15-9-7-6-8-10-15/h6-12,16,18H,1-5H3/b14-12+/t16-,18-/m0/s1. The van der Waals surface area contributed by atoms with Crippen molar-refractivity contribution in [3.05, 3.63) is 53.6 Å². The summed E-state index contributed by atoms with van der Waals surface area (Å²) in [6.45, 7) is 11.0. The fourth-order valence-corrected chi connectivity index (χ4v) is 4.74. The summed E-state index contributed by atoms with van der Waals surface area (Å²) in [6, 6.07) is 10.1. The van der Waals surface area contributed by atoms with Crippen molar-refractivity contribution in [1.29, 1.82) is 0 Å². The van der Waals surface area contributed by atoms with Gasteiger partial charge in [-0.1, -0.05) is 0 Å². The van der Waals surface area contributed by atoms with Crippen LogP contribution in [0.1, 0.15) is 34.6 Å². The van der Waals surface area contributed by atoms with Crippen LogP contribution in [0.2, 0.25) is 0 Å². The first-order valence-electron chi connectivity index (χ1n) is 7.42. The average molecular weight is 347 g/mol. The third kappa shape index (κ3) is 3.96. The van der Waals surface area contributed by atoms with E-state index >= 15 is 0 Å². The molecule has 1 saturated carbocycles. The summed E-state index contributed by atoms with van der Waals surface area (Å²) in [5.41, 5.74) is 2.89. The Morgan fingerprint density at radius 2 is 1.76 bits per heavy atom. The molecule has 1 aliphatic rings. The van der Waals surface area contributed by atoms with Crippen LogP contribution in [0.5, 0.6) is 0 Å². The van der Waals surface area contributed by atoms with E-state index < -0.39 is 0 Å². The second kappa shape index (κ2) is 6.34. The number of benzene rings is 1. The fourth-order valence-electron chi connectivity index (χ4n) is 3.13. The van der Waals surface area contributed by atoms with Crippen LogP contribution in [-0.2, 0) is 4.79 Å². The van der Waals surface area contributed by atoms with E-state index in [2.05, 4.69) is 40.7 Å². The van der Waals surface area contributed by atoms with Crippen LogP contribution in [-0.4, -0.2) is 19.6 Å². The molecule has 0 radical (unpaired) electrons. The molecule has 0 aromatic heterocycles. The molecule has 0 unspecified atom stereocenters. The molecule has 1 aliphatic carbocycles. The molecule has 2 atom stereocenters. The molecular formula is C19H24OSe. The van der Waals surface area contributed by atoms with Crippen LogP contribution >= 0.6 is 0 Å². The maximum absolute atomic E-state index is 12.2. The summed E-state index contributed by atoms with van der Waals surface area (Å²) >= 11 is -0.104. The Kier molecular flexibility index (Phi) is 4.91. The summed E-state index contributed by atoms with van der Waals surface area (Å²) in [5, 5.41) is 0. The molecule has 2 heteroatoms. The summed E-state index contributed by atoms with van der Waals surface area (Å²) in [7, 11) is 0. The van der Waals surface area contributed by atoms with Crippen LogP contribution in [0.25, 0.3) is 0 Å². The van der Waals surface area contributed by atoms with E-state index in [-0.39, 0.29) is 25.1 Å². The molecule has 0 spiro atoms. The Morgan fingerprint density at radius 1 is 1.14 bits per heavy atom. The van der Waals surface area contributed by atoms with Gasteiger partial charge in [0.15, 0.2) is 0 Å². The third-order valence-electron chi connectivity index (χ3n) is 4.22. The SMILES string of the molecule is CC(C)=C[C@H]1[C@H](/C(C)=C/C(=O)[Se]c2ccccc2)C1(C)C. The zero-order valence-corrected chi connectivity index (χ0v) is 15.2. The van der Waals surface area contributed by atoms with E-state index in [4.69, 9.17) is 0 Å². The zero-order chi connectivity index (χ0) is 15.6. The molecule has 1 aromatic carbocycles. The Labute approximate surface area is 134 Å². The Balaban J connectivity index is 2.05. The summed E-state index contributed by atoms with van der Waals surface area (Å²) in [4.78, 5) is 12.2. The van der Waals surface area contributed by atoms with E-state index in [0.717, 1.165) is 4.46 Å². The normalized spacial score (nSPS) is 23.6. The van der Waals surface area contributed by atoms with Crippen LogP contribution in [0.4, 0.5) is 0 Å². The summed E-state index contributed by atoms with van der Waals surface area (Å²) in [6.07, 6.45) is 4.24. The summed E-state index contributed by atoms with van der Waals surface area (Å²) < 4.78 is 1.42. The molecule has 0 bridgehead atoms. The van der Waals surface area contributed by atoms with Crippen molar-refractivity contribution in [2.24, 2.45) is 17.3 Å². The van der Waals surface area contributed by atoms with Gasteiger partial charge in [0.05, 0.1) is 0 Å². The minimum absolute atomic E-state index is 0.104. The molecule has 1 fully saturated rings. The molecule has 0 saturated heterocycles. The van der Waals surface area contributed by atoms with E-state index in [1.165, 1.54) is 11.1 Å². The number of carbonyl (C=O) groups excluding carboxylic acids is 1. The van der Waals surface area contributed by atoms with E-state index in [1.807, 2.05) is 36.4 Å². The topological polar surface area (TPSA) is 17.1 Å². The number of carbonyl (C=O) groups is 1. The van der Waals surface area contributed by atoms with E-state index in [9.17, 15) is 4.79 Å². The molecule has 2 rings (SSSR count). The van der Waals surface area contributed by atoms with Crippen molar-refractivity contribution >= 4 is 24.1 Å². The van der Waals surface area contributed by atoms with Gasteiger partial charge in [-0.3, -0.25) is 0 Å². The van der Waals surface area contributed by atoms with Crippen molar-refractivity contribution in [3.8, 4) is 0 Å². The monoisotopic (exact) mass is 348 g/mol. The van der Waals surface area contributed by atoms with Gasteiger partial charge >= 0.3 is 134 Å². The first-order valence-corrected chi connectivity index (χ1v) is 9.13. The van der Waals surface area contributed by atoms with Crippen molar-refractivity contribution in [2.75, 3.05) is 0 Å². The van der Waals surface area contributed by atoms with E-state index in [1.54, 1.807) is 0 Å². The predicted octanol–water partition coefficient (Wildman–Crippen LogP) is 3.73. The second-order valence-corrected chi connectivity index (χ2v) is 8.95. The van der Waals surface area contributed by atoms with Gasteiger partial charge in [0.25, 0.3) is 0 Å². The fraction of sp³-hybridized carbons (Fsp3) is 0.421. The van der Waals surface area contributed by atoms with Gasteiger partial charge in [0.1, 0.15) is 0 Å². The van der Waals surface area contributed by atoms with Gasteiger partial charge in [0, 0.05) is 0 Å². The quantitative estimate of drug-likeness (QED) is 0.451. The second-order valence-electron chi connectivity index (χ2n) is 6.69. The third-order valence-corrected chi connectivity index (χ3v) is 5.96. The Morgan fingerprint density at radius 3 is 2.33 bits per heavy atom. The van der Waals surface area contributed by atoms with Crippen molar-refractivity contribution in [2.45, 2.75) is 34.6 Å². The Hall–Kier alpha value is -1.11. The molecule has 0 aliphatic heterocycles. The summed E-state index contributed by atoms with van der Waals surface area (Å²) in [5.74, 6) is 1.10. The molecular weight excluding hydrogens is 323 g/mol. The van der Waals surface area contributed by atoms with Crippen molar-refractivity contribution < 1.29 is 4.79 Å². The maximum atomic E-state index is 12.2. The molecule has 112 valence electrons. The average Bonchev–Trinajstić information content (AvgIpc) is 2.90. The predicted molar refractivity (Wildman–Crippen MR) is 90.8 cm³/mol. The van der Waals surface area contributed by atoms with Crippen LogP contribution in [0, 0.1) is 17.3 Å². The molecule has 1 nitrogen and oxygen atoms in total. The first kappa shape index (κ1) is 16.3. The number of hydrogen-bond donors (Lipinski definition) is 0. The van der Waals surface area contributed by atoms with Gasteiger partial charge in [0.2, 0.25) is 0 Å². The minimum atomic E-state index is -0.104. The van der Waals surface area contributed by atoms with Crippen molar-refractivity contribution in [1.82, 2.24) is 0 Å². The molecule has 0 heterocycles. The van der Waals surface area contributed by atoms with Gasteiger partial charge in [-0.2, -0.15) is 0 Å². The number of hydrogen-bond acceptors (Lipinski definition) is 1. The zero-order valence-electron chi connectivity index (χ0n) is 13.5.